The third-order valence-electron chi connectivity index (χ3n) is 2.55. The van der Waals surface area contributed by atoms with Crippen LogP contribution in [0.5, 0.6) is 5.75 Å². The third-order valence-corrected chi connectivity index (χ3v) is 2.90. The van der Waals surface area contributed by atoms with E-state index in [0.29, 0.717) is 17.4 Å². The van der Waals surface area contributed by atoms with Crippen LogP contribution in [0.4, 0.5) is 11.5 Å². The number of benzene rings is 1. The monoisotopic (exact) mass is 263 g/mol. The van der Waals surface area contributed by atoms with Crippen molar-refractivity contribution in [1.82, 2.24) is 4.98 Å². The van der Waals surface area contributed by atoms with Gasteiger partial charge in [-0.25, -0.2) is 4.98 Å². The Bertz CT molecular complexity index is 546. The van der Waals surface area contributed by atoms with Crippen LogP contribution >= 0.6 is 11.6 Å². The Morgan fingerprint density at radius 3 is 2.94 bits per heavy atom. The van der Waals surface area contributed by atoms with E-state index in [2.05, 4.69) is 10.3 Å². The zero-order valence-corrected chi connectivity index (χ0v) is 10.7. The normalized spacial score (nSPS) is 10.1. The van der Waals surface area contributed by atoms with Crippen LogP contribution in [0.25, 0.3) is 0 Å². The Hall–Kier alpha value is -1.94. The fourth-order valence-corrected chi connectivity index (χ4v) is 1.88. The summed E-state index contributed by atoms with van der Waals surface area (Å²) in [6, 6.07) is 9.18. The molecule has 2 rings (SSSR count). The van der Waals surface area contributed by atoms with Gasteiger partial charge in [-0.3, -0.25) is 0 Å². The lowest BCUT2D eigenvalue weighted by Gasteiger charge is -2.12. The van der Waals surface area contributed by atoms with Crippen molar-refractivity contribution in [3.05, 3.63) is 47.1 Å². The molecule has 18 heavy (non-hydrogen) atoms. The van der Waals surface area contributed by atoms with Crippen molar-refractivity contribution >= 4 is 23.1 Å². The van der Waals surface area contributed by atoms with Gasteiger partial charge in [-0.15, -0.1) is 0 Å². The van der Waals surface area contributed by atoms with Crippen LogP contribution in [-0.2, 0) is 6.54 Å². The van der Waals surface area contributed by atoms with Crippen LogP contribution in [-0.4, -0.2) is 12.1 Å². The summed E-state index contributed by atoms with van der Waals surface area (Å²) in [4.78, 5) is 3.93. The zero-order chi connectivity index (χ0) is 13.0. The molecular formula is C13H14ClN3O. The van der Waals surface area contributed by atoms with E-state index in [0.717, 1.165) is 17.0 Å². The molecule has 0 radical (unpaired) electrons. The standard InChI is InChI=1S/C13H14ClN3O/c1-18-12-4-2-3-11(14)10(12)8-17-9-5-6-16-13(15)7-9/h2-7H,8H2,1H3,(H3,15,16,17). The molecule has 94 valence electrons. The van der Waals surface area contributed by atoms with Crippen molar-refractivity contribution in [1.29, 1.82) is 0 Å². The van der Waals surface area contributed by atoms with E-state index in [1.54, 1.807) is 19.4 Å². The summed E-state index contributed by atoms with van der Waals surface area (Å²) in [7, 11) is 1.62. The molecule has 0 bridgehead atoms. The van der Waals surface area contributed by atoms with Crippen molar-refractivity contribution in [3.63, 3.8) is 0 Å². The van der Waals surface area contributed by atoms with Crippen molar-refractivity contribution in [2.45, 2.75) is 6.54 Å². The fourth-order valence-electron chi connectivity index (χ4n) is 1.65. The summed E-state index contributed by atoms with van der Waals surface area (Å²) in [5.41, 5.74) is 7.42. The highest BCUT2D eigenvalue weighted by Gasteiger charge is 2.07. The van der Waals surface area contributed by atoms with Crippen LogP contribution in [0.1, 0.15) is 5.56 Å². The highest BCUT2D eigenvalue weighted by Crippen LogP contribution is 2.27. The first-order valence-corrected chi connectivity index (χ1v) is 5.85. The smallest absolute Gasteiger partial charge is 0.125 e. The Morgan fingerprint density at radius 2 is 2.22 bits per heavy atom. The topological polar surface area (TPSA) is 60.2 Å². The molecule has 0 saturated carbocycles. The van der Waals surface area contributed by atoms with Crippen molar-refractivity contribution in [2.75, 3.05) is 18.2 Å². The Kier molecular flexibility index (Phi) is 3.89. The van der Waals surface area contributed by atoms with Gasteiger partial charge in [0.05, 0.1) is 7.11 Å². The van der Waals surface area contributed by atoms with Crippen LogP contribution in [0.3, 0.4) is 0 Å². The number of nitrogens with two attached hydrogens (primary N) is 1. The van der Waals surface area contributed by atoms with E-state index in [-0.39, 0.29) is 0 Å². The van der Waals surface area contributed by atoms with Gasteiger partial charge in [0.25, 0.3) is 0 Å². The van der Waals surface area contributed by atoms with Gasteiger partial charge in [0.15, 0.2) is 0 Å². The number of anilines is 2. The van der Waals surface area contributed by atoms with E-state index in [1.165, 1.54) is 0 Å². The molecule has 0 atom stereocenters. The van der Waals surface area contributed by atoms with E-state index >= 15 is 0 Å². The summed E-state index contributed by atoms with van der Waals surface area (Å²) in [5.74, 6) is 1.24. The third kappa shape index (κ3) is 2.84. The van der Waals surface area contributed by atoms with Gasteiger partial charge < -0.3 is 15.8 Å². The van der Waals surface area contributed by atoms with Crippen LogP contribution in [0.15, 0.2) is 36.5 Å². The molecule has 0 aliphatic heterocycles. The maximum Gasteiger partial charge on any atom is 0.125 e. The first-order valence-electron chi connectivity index (χ1n) is 5.47. The second kappa shape index (κ2) is 5.60. The minimum absolute atomic E-state index is 0.478. The van der Waals surface area contributed by atoms with Crippen molar-refractivity contribution in [3.8, 4) is 5.75 Å². The number of rotatable bonds is 4. The molecule has 2 aromatic rings. The summed E-state index contributed by atoms with van der Waals surface area (Å²) < 4.78 is 5.28. The minimum Gasteiger partial charge on any atom is -0.496 e. The molecule has 0 saturated heterocycles. The predicted octanol–water partition coefficient (Wildman–Crippen LogP) is 2.94. The number of nitrogens with zero attached hydrogens (tertiary/aromatic N) is 1. The van der Waals surface area contributed by atoms with Gasteiger partial charge in [0, 0.05) is 35.1 Å². The van der Waals surface area contributed by atoms with Crippen LogP contribution < -0.4 is 15.8 Å². The molecule has 0 spiro atoms. The molecule has 0 fully saturated rings. The molecule has 0 amide bonds. The van der Waals surface area contributed by atoms with Crippen molar-refractivity contribution in [2.24, 2.45) is 0 Å². The molecule has 1 aromatic carbocycles. The van der Waals surface area contributed by atoms with E-state index < -0.39 is 0 Å². The summed E-state index contributed by atoms with van der Waals surface area (Å²) in [5, 5.41) is 3.90. The number of ether oxygens (including phenoxy) is 1. The summed E-state index contributed by atoms with van der Waals surface area (Å²) >= 11 is 6.15. The van der Waals surface area contributed by atoms with Gasteiger partial charge in [0.2, 0.25) is 0 Å². The molecular weight excluding hydrogens is 250 g/mol. The second-order valence-electron chi connectivity index (χ2n) is 3.74. The van der Waals surface area contributed by atoms with Gasteiger partial charge in [0.1, 0.15) is 11.6 Å². The first kappa shape index (κ1) is 12.5. The largest absolute Gasteiger partial charge is 0.496 e. The van der Waals surface area contributed by atoms with Gasteiger partial charge >= 0.3 is 0 Å². The number of methoxy groups -OCH3 is 1. The minimum atomic E-state index is 0.478. The van der Waals surface area contributed by atoms with Crippen LogP contribution in [0.2, 0.25) is 5.02 Å². The molecule has 4 nitrogen and oxygen atoms in total. The molecule has 0 unspecified atom stereocenters. The average Bonchev–Trinajstić information content (AvgIpc) is 2.37. The Morgan fingerprint density at radius 1 is 1.39 bits per heavy atom. The quantitative estimate of drug-likeness (QED) is 0.890. The van der Waals surface area contributed by atoms with Crippen molar-refractivity contribution < 1.29 is 4.74 Å². The average molecular weight is 264 g/mol. The number of hydrogen-bond donors (Lipinski definition) is 2. The highest BCUT2D eigenvalue weighted by molar-refractivity contribution is 6.31. The number of hydrogen-bond acceptors (Lipinski definition) is 4. The molecule has 1 aromatic heterocycles. The molecule has 3 N–H and O–H groups in total. The zero-order valence-electron chi connectivity index (χ0n) is 9.98. The Labute approximate surface area is 111 Å². The SMILES string of the molecule is COc1cccc(Cl)c1CNc1ccnc(N)c1. The maximum atomic E-state index is 6.15. The Balaban J connectivity index is 2.15. The molecule has 5 heteroatoms. The summed E-state index contributed by atoms with van der Waals surface area (Å²) in [6.07, 6.45) is 1.65. The van der Waals surface area contributed by atoms with Crippen LogP contribution in [0, 0.1) is 0 Å². The van der Waals surface area contributed by atoms with Gasteiger partial charge in [-0.1, -0.05) is 17.7 Å². The molecule has 0 aliphatic rings. The second-order valence-corrected chi connectivity index (χ2v) is 4.15. The number of nitrogen functional groups attached to an aromatic ring is 1. The van der Waals surface area contributed by atoms with Gasteiger partial charge in [-0.2, -0.15) is 0 Å². The molecule has 1 heterocycles. The highest BCUT2D eigenvalue weighted by atomic mass is 35.5. The van der Waals surface area contributed by atoms with Gasteiger partial charge in [-0.05, 0) is 18.2 Å². The van der Waals surface area contributed by atoms with E-state index in [9.17, 15) is 0 Å². The predicted molar refractivity (Wildman–Crippen MR) is 74.0 cm³/mol. The number of aromatic nitrogens is 1. The first-order chi connectivity index (χ1) is 8.70. The lowest BCUT2D eigenvalue weighted by molar-refractivity contribution is 0.410. The lowest BCUT2D eigenvalue weighted by Crippen LogP contribution is -2.03. The molecule has 0 aliphatic carbocycles. The number of pyridine rings is 1. The number of halogens is 1. The maximum absolute atomic E-state index is 6.15. The number of nitrogens with one attached hydrogen (secondary N) is 1. The fraction of sp³-hybridized carbons (Fsp3) is 0.154. The summed E-state index contributed by atoms with van der Waals surface area (Å²) in [6.45, 7) is 0.562. The van der Waals surface area contributed by atoms with E-state index in [1.807, 2.05) is 24.3 Å². The lowest BCUT2D eigenvalue weighted by atomic mass is 10.2. The van der Waals surface area contributed by atoms with E-state index in [4.69, 9.17) is 22.1 Å².